The van der Waals surface area contributed by atoms with Crippen molar-refractivity contribution < 1.29 is 44.7 Å². The molecule has 0 aromatic heterocycles. The molecule has 0 atom stereocenters. The molecular weight excluding hydrogens is 590 g/mol. The highest BCUT2D eigenvalue weighted by Gasteiger charge is 2.29. The summed E-state index contributed by atoms with van der Waals surface area (Å²) < 4.78 is 0. The Bertz CT molecular complexity index is 896. The van der Waals surface area contributed by atoms with Crippen LogP contribution in [0.1, 0.15) is 34.6 Å². The molecule has 16 heteroatoms. The molecular formula is C29H57N7O9. The molecule has 1 amide bonds. The largest absolute Gasteiger partial charge is 0.480 e. The number of nitrogens with one attached hydrogen (secondary N) is 2. The number of hydrogen-bond donors (Lipinski definition) is 7. The summed E-state index contributed by atoms with van der Waals surface area (Å²) in [6.07, 6.45) is 0. The summed E-state index contributed by atoms with van der Waals surface area (Å²) in [6, 6.07) is -0.549. The Morgan fingerprint density at radius 1 is 0.667 bits per heavy atom. The average molecular weight is 648 g/mol. The van der Waals surface area contributed by atoms with Gasteiger partial charge in [0.15, 0.2) is 0 Å². The normalized spacial score (nSPS) is 17.5. The molecule has 16 nitrogen and oxygen atoms in total. The van der Waals surface area contributed by atoms with Crippen LogP contribution in [0, 0.1) is 0 Å². The lowest BCUT2D eigenvalue weighted by Gasteiger charge is -2.38. The lowest BCUT2D eigenvalue weighted by Crippen LogP contribution is -2.58. The monoisotopic (exact) mass is 647 g/mol. The Balaban J connectivity index is 3.20. The van der Waals surface area contributed by atoms with Gasteiger partial charge in [0.25, 0.3) is 0 Å². The van der Waals surface area contributed by atoms with Gasteiger partial charge in [0.1, 0.15) is 0 Å². The molecule has 0 aromatic carbocycles. The maximum Gasteiger partial charge on any atom is 0.317 e. The molecule has 1 fully saturated rings. The third-order valence-corrected chi connectivity index (χ3v) is 7.38. The van der Waals surface area contributed by atoms with Gasteiger partial charge < -0.3 is 41.1 Å². The number of amides is 1. The molecule has 262 valence electrons. The van der Waals surface area contributed by atoms with Crippen LogP contribution in [-0.2, 0) is 19.2 Å². The van der Waals surface area contributed by atoms with E-state index >= 15 is 0 Å². The Labute approximate surface area is 266 Å². The standard InChI is InChI=1S/C29H57N7O9/c1-28(2,3)30-6-7-36(22-29(4,5)31-23(20-37)21-38)24(39)16-32-8-10-33(17-25(40)41)12-14-35(19-27(44)45)15-13-34(11-9-32)18-26(42)43/h23,30-31,37-38H,6-22H2,1-5H3,(H,40,41)(H,42,43)(H,44,45). The molecule has 1 aliphatic heterocycles. The summed E-state index contributed by atoms with van der Waals surface area (Å²) in [4.78, 5) is 57.2. The van der Waals surface area contributed by atoms with E-state index in [1.54, 1.807) is 19.6 Å². The van der Waals surface area contributed by atoms with Crippen molar-refractivity contribution in [3.05, 3.63) is 0 Å². The maximum atomic E-state index is 13.9. The van der Waals surface area contributed by atoms with Crippen molar-refractivity contribution >= 4 is 23.8 Å². The van der Waals surface area contributed by atoms with Crippen molar-refractivity contribution in [1.29, 1.82) is 0 Å². The molecule has 1 heterocycles. The van der Waals surface area contributed by atoms with Gasteiger partial charge in [-0.3, -0.25) is 38.8 Å². The highest BCUT2D eigenvalue weighted by molar-refractivity contribution is 5.78. The van der Waals surface area contributed by atoms with Crippen LogP contribution < -0.4 is 10.6 Å². The van der Waals surface area contributed by atoms with E-state index in [4.69, 9.17) is 0 Å². The molecule has 0 saturated carbocycles. The summed E-state index contributed by atoms with van der Waals surface area (Å²) >= 11 is 0. The van der Waals surface area contributed by atoms with Crippen molar-refractivity contribution in [2.75, 3.05) is 111 Å². The number of nitrogens with zero attached hydrogens (tertiary/aromatic N) is 5. The zero-order valence-electron chi connectivity index (χ0n) is 27.7. The van der Waals surface area contributed by atoms with E-state index in [-0.39, 0.29) is 57.4 Å². The van der Waals surface area contributed by atoms with E-state index in [9.17, 15) is 44.7 Å². The van der Waals surface area contributed by atoms with Crippen molar-refractivity contribution in [3.8, 4) is 0 Å². The summed E-state index contributed by atoms with van der Waals surface area (Å²) in [5, 5.41) is 54.1. The van der Waals surface area contributed by atoms with Gasteiger partial charge in [-0.25, -0.2) is 0 Å². The number of aliphatic hydroxyl groups excluding tert-OH is 2. The van der Waals surface area contributed by atoms with Gasteiger partial charge in [-0.15, -0.1) is 0 Å². The van der Waals surface area contributed by atoms with E-state index < -0.39 is 29.5 Å². The van der Waals surface area contributed by atoms with Crippen LogP contribution in [0.4, 0.5) is 0 Å². The van der Waals surface area contributed by atoms with Crippen LogP contribution in [0.25, 0.3) is 0 Å². The molecule has 1 aliphatic rings. The molecule has 1 rings (SSSR count). The number of hydrogen-bond acceptors (Lipinski definition) is 12. The fourth-order valence-electron chi connectivity index (χ4n) is 5.16. The molecule has 7 N–H and O–H groups in total. The molecule has 1 saturated heterocycles. The van der Waals surface area contributed by atoms with Gasteiger partial charge in [0, 0.05) is 83.1 Å². The summed E-state index contributed by atoms with van der Waals surface area (Å²) in [5.74, 6) is -3.22. The number of carbonyl (C=O) groups excluding carboxylic acids is 1. The molecule has 0 aliphatic carbocycles. The summed E-state index contributed by atoms with van der Waals surface area (Å²) in [6.45, 7) is 12.3. The minimum Gasteiger partial charge on any atom is -0.480 e. The van der Waals surface area contributed by atoms with Crippen molar-refractivity contribution in [2.45, 2.75) is 51.7 Å². The van der Waals surface area contributed by atoms with Crippen LogP contribution in [0.15, 0.2) is 0 Å². The number of aliphatic hydroxyl groups is 2. The lowest BCUT2D eigenvalue weighted by atomic mass is 10.0. The van der Waals surface area contributed by atoms with E-state index in [0.29, 0.717) is 65.4 Å². The first-order chi connectivity index (χ1) is 20.9. The van der Waals surface area contributed by atoms with Gasteiger partial charge in [0.2, 0.25) is 5.91 Å². The minimum atomic E-state index is -1.02. The Morgan fingerprint density at radius 3 is 1.33 bits per heavy atom. The van der Waals surface area contributed by atoms with Crippen molar-refractivity contribution in [2.24, 2.45) is 0 Å². The van der Waals surface area contributed by atoms with Gasteiger partial charge in [-0.1, -0.05) is 0 Å². The fourth-order valence-corrected chi connectivity index (χ4v) is 5.16. The van der Waals surface area contributed by atoms with Crippen molar-refractivity contribution in [1.82, 2.24) is 35.1 Å². The van der Waals surface area contributed by atoms with Gasteiger partial charge in [0.05, 0.1) is 45.4 Å². The van der Waals surface area contributed by atoms with E-state index in [0.717, 1.165) is 0 Å². The molecule has 0 bridgehead atoms. The van der Waals surface area contributed by atoms with Gasteiger partial charge in [-0.05, 0) is 34.6 Å². The van der Waals surface area contributed by atoms with Crippen LogP contribution >= 0.6 is 0 Å². The second kappa shape index (κ2) is 19.9. The first-order valence-corrected chi connectivity index (χ1v) is 15.5. The van der Waals surface area contributed by atoms with Crippen LogP contribution in [0.5, 0.6) is 0 Å². The number of aliphatic carboxylic acids is 3. The van der Waals surface area contributed by atoms with E-state index in [1.165, 1.54) is 0 Å². The Hall–Kier alpha value is -2.44. The van der Waals surface area contributed by atoms with E-state index in [1.807, 2.05) is 39.5 Å². The third-order valence-electron chi connectivity index (χ3n) is 7.38. The highest BCUT2D eigenvalue weighted by Crippen LogP contribution is 2.10. The van der Waals surface area contributed by atoms with Crippen molar-refractivity contribution in [3.63, 3.8) is 0 Å². The molecule has 45 heavy (non-hydrogen) atoms. The number of carbonyl (C=O) groups is 4. The third kappa shape index (κ3) is 19.0. The Morgan fingerprint density at radius 2 is 1.02 bits per heavy atom. The van der Waals surface area contributed by atoms with Gasteiger partial charge >= 0.3 is 17.9 Å². The summed E-state index contributed by atoms with van der Waals surface area (Å²) in [7, 11) is 0. The fraction of sp³-hybridized carbons (Fsp3) is 0.862. The van der Waals surface area contributed by atoms with Gasteiger partial charge in [-0.2, -0.15) is 0 Å². The SMILES string of the molecule is CC(C)(C)NCCN(CC(C)(C)NC(CO)CO)C(=O)CN1CCN(CC(=O)O)CCN(CC(=O)O)CCN(CC(=O)O)CC1. The number of carboxylic acids is 3. The molecule has 0 radical (unpaired) electrons. The molecule has 0 unspecified atom stereocenters. The first-order valence-electron chi connectivity index (χ1n) is 15.5. The number of rotatable bonds is 17. The van der Waals surface area contributed by atoms with E-state index in [2.05, 4.69) is 10.6 Å². The lowest BCUT2D eigenvalue weighted by molar-refractivity contribution is -0.140. The zero-order valence-corrected chi connectivity index (χ0v) is 27.7. The number of carboxylic acid groups (broad SMARTS) is 3. The highest BCUT2D eigenvalue weighted by atomic mass is 16.4. The van der Waals surface area contributed by atoms with Crippen LogP contribution in [0.2, 0.25) is 0 Å². The predicted octanol–water partition coefficient (Wildman–Crippen LogP) is -2.60. The zero-order chi connectivity index (χ0) is 34.2. The molecule has 0 aromatic rings. The first kappa shape index (κ1) is 40.6. The average Bonchev–Trinajstić information content (AvgIpc) is 2.90. The van der Waals surface area contributed by atoms with Crippen LogP contribution in [-0.4, -0.2) is 202 Å². The van der Waals surface area contributed by atoms with Crippen LogP contribution in [0.3, 0.4) is 0 Å². The second-order valence-corrected chi connectivity index (χ2v) is 13.4. The quantitative estimate of drug-likeness (QED) is 0.0863. The maximum absolute atomic E-state index is 13.9. The molecule has 0 spiro atoms. The topological polar surface area (TPSA) is 210 Å². The second-order valence-electron chi connectivity index (χ2n) is 13.4. The Kier molecular flexibility index (Phi) is 18.0. The smallest absolute Gasteiger partial charge is 0.317 e. The summed E-state index contributed by atoms with van der Waals surface area (Å²) in [5.41, 5.74) is -0.812. The minimum absolute atomic E-state index is 0.0159. The predicted molar refractivity (Wildman–Crippen MR) is 168 cm³/mol.